The highest BCUT2D eigenvalue weighted by Gasteiger charge is 2.34. The third kappa shape index (κ3) is 5.33. The number of hydrogen-bond acceptors (Lipinski definition) is 6. The van der Waals surface area contributed by atoms with Crippen molar-refractivity contribution in [2.75, 3.05) is 0 Å². The van der Waals surface area contributed by atoms with Crippen molar-refractivity contribution in [3.8, 4) is 0 Å². The van der Waals surface area contributed by atoms with Crippen LogP contribution in [0.4, 0.5) is 0 Å². The van der Waals surface area contributed by atoms with Crippen LogP contribution < -0.4 is 0 Å². The Morgan fingerprint density at radius 1 is 0.919 bits per heavy atom. The van der Waals surface area contributed by atoms with Gasteiger partial charge in [0.2, 0.25) is 0 Å². The first-order valence-electron chi connectivity index (χ1n) is 13.0. The van der Waals surface area contributed by atoms with Crippen LogP contribution in [0.25, 0.3) is 0 Å². The molecule has 2 aromatic carbocycles. The smallest absolute Gasteiger partial charge is 0.168 e. The quantitative estimate of drug-likeness (QED) is 0.318. The van der Waals surface area contributed by atoms with Gasteiger partial charge in [-0.25, -0.2) is 0 Å². The van der Waals surface area contributed by atoms with Crippen LogP contribution in [0.2, 0.25) is 0 Å². The van der Waals surface area contributed by atoms with Crippen molar-refractivity contribution in [2.45, 2.75) is 70.3 Å². The van der Waals surface area contributed by atoms with E-state index in [2.05, 4.69) is 5.16 Å². The van der Waals surface area contributed by atoms with Crippen LogP contribution in [0.15, 0.2) is 81.5 Å². The van der Waals surface area contributed by atoms with Gasteiger partial charge in [0.1, 0.15) is 11.5 Å². The molecular formula is C31H32N2O4. The minimum absolute atomic E-state index is 0.00198. The minimum Gasteiger partial charge on any atom is -0.511 e. The highest BCUT2D eigenvalue weighted by molar-refractivity contribution is 6.24. The molecule has 2 aliphatic rings. The molecule has 1 N–H and O–H groups in total. The van der Waals surface area contributed by atoms with Gasteiger partial charge in [0.05, 0.1) is 16.8 Å². The molecule has 1 heterocycles. The van der Waals surface area contributed by atoms with Gasteiger partial charge in [0, 0.05) is 43.9 Å². The monoisotopic (exact) mass is 496 g/mol. The first kappa shape index (κ1) is 24.9. The topological polar surface area (TPSA) is 92.8 Å². The molecule has 2 unspecified atom stereocenters. The molecule has 2 atom stereocenters. The summed E-state index contributed by atoms with van der Waals surface area (Å²) >= 11 is 0. The summed E-state index contributed by atoms with van der Waals surface area (Å²) in [6.45, 7) is 3.93. The maximum Gasteiger partial charge on any atom is 0.168 e. The first-order valence-corrected chi connectivity index (χ1v) is 13.0. The van der Waals surface area contributed by atoms with Gasteiger partial charge in [-0.1, -0.05) is 65.8 Å². The third-order valence-corrected chi connectivity index (χ3v) is 7.26. The Morgan fingerprint density at radius 3 is 2.14 bits per heavy atom. The lowest BCUT2D eigenvalue weighted by molar-refractivity contribution is -0.116. The Morgan fingerprint density at radius 2 is 1.51 bits per heavy atom. The number of allylic oxidation sites excluding steroid dienone is 2. The molecule has 37 heavy (non-hydrogen) atoms. The fraction of sp³-hybridized carbons (Fsp3) is 0.355. The number of carbonyl (C=O) groups excluding carboxylic acids is 2. The number of hydrogen-bond donors (Lipinski definition) is 1. The molecule has 0 saturated heterocycles. The molecule has 3 aromatic rings. The number of aliphatic hydroxyl groups excluding tert-OH is 1. The molecule has 1 aromatic heterocycles. The summed E-state index contributed by atoms with van der Waals surface area (Å²) in [6.07, 6.45) is 2.48. The van der Waals surface area contributed by atoms with Gasteiger partial charge < -0.3 is 9.63 Å². The van der Waals surface area contributed by atoms with Gasteiger partial charge in [-0.15, -0.1) is 0 Å². The van der Waals surface area contributed by atoms with Crippen LogP contribution in [0.3, 0.4) is 0 Å². The number of benzene rings is 2. The number of carbonyl (C=O) groups is 2. The second kappa shape index (κ2) is 10.7. The van der Waals surface area contributed by atoms with E-state index in [1.807, 2.05) is 74.5 Å². The van der Waals surface area contributed by atoms with Gasteiger partial charge in [0.15, 0.2) is 11.6 Å². The molecule has 5 rings (SSSR count). The summed E-state index contributed by atoms with van der Waals surface area (Å²) in [5, 5.41) is 15.3. The minimum atomic E-state index is -0.0963. The molecule has 1 fully saturated rings. The molecule has 0 amide bonds. The van der Waals surface area contributed by atoms with Crippen molar-refractivity contribution in [3.63, 3.8) is 0 Å². The second-order valence-corrected chi connectivity index (χ2v) is 10.3. The number of aryl methyl sites for hydroxylation is 1. The Kier molecular flexibility index (Phi) is 7.17. The number of ketones is 2. The lowest BCUT2D eigenvalue weighted by Gasteiger charge is -2.26. The number of fused-ring (bicyclic) bond motifs is 1. The van der Waals surface area contributed by atoms with Gasteiger partial charge in [-0.05, 0) is 43.2 Å². The van der Waals surface area contributed by atoms with Crippen LogP contribution in [-0.4, -0.2) is 33.6 Å². The van der Waals surface area contributed by atoms with E-state index in [0.29, 0.717) is 60.4 Å². The molecule has 0 radical (unpaired) electrons. The summed E-state index contributed by atoms with van der Waals surface area (Å²) in [4.78, 5) is 31.0. The zero-order valence-electron chi connectivity index (χ0n) is 21.3. The van der Waals surface area contributed by atoms with E-state index >= 15 is 0 Å². The fourth-order valence-corrected chi connectivity index (χ4v) is 5.55. The Balaban J connectivity index is 1.35. The maximum atomic E-state index is 13.2. The van der Waals surface area contributed by atoms with Gasteiger partial charge in [-0.2, -0.15) is 0 Å². The van der Waals surface area contributed by atoms with Crippen molar-refractivity contribution in [1.29, 1.82) is 0 Å². The van der Waals surface area contributed by atoms with Crippen molar-refractivity contribution in [2.24, 2.45) is 4.99 Å². The van der Waals surface area contributed by atoms with Crippen molar-refractivity contribution in [1.82, 2.24) is 5.16 Å². The Bertz CT molecular complexity index is 1350. The normalized spacial score (nSPS) is 22.4. The molecular weight excluding hydrogens is 464 g/mol. The Hall–Kier alpha value is -3.80. The van der Waals surface area contributed by atoms with E-state index in [1.165, 1.54) is 0 Å². The van der Waals surface area contributed by atoms with Crippen LogP contribution in [-0.2, 0) is 17.6 Å². The zero-order valence-corrected chi connectivity index (χ0v) is 21.3. The SMILES string of the molecule is CC(C)N=C1CC(c2ccccc2)CC(=O)C1=C(O)CCc1noc2c1C(=O)CC(c1ccccc1)C2. The average molecular weight is 497 g/mol. The number of Topliss-reactive ketones (excluding diaryl/α,β-unsaturated/α-hetero) is 2. The lowest BCUT2D eigenvalue weighted by atomic mass is 9.78. The summed E-state index contributed by atoms with van der Waals surface area (Å²) < 4.78 is 5.59. The highest BCUT2D eigenvalue weighted by Crippen LogP contribution is 2.36. The molecule has 6 nitrogen and oxygen atoms in total. The van der Waals surface area contributed by atoms with E-state index in [-0.39, 0.29) is 41.6 Å². The standard InChI is InChI=1S/C31H32N2O4/c1-19(2)32-25-15-22(20-9-5-3-6-10-20)16-27(35)30(25)26(34)14-13-24-31-28(36)17-23(18-29(31)37-33-24)21-11-7-4-8-12-21/h3-12,19,22-23,34H,13-18H2,1-2H3. The van der Waals surface area contributed by atoms with Crippen LogP contribution in [0.5, 0.6) is 0 Å². The molecule has 0 aliphatic heterocycles. The molecule has 6 heteroatoms. The van der Waals surface area contributed by atoms with Crippen LogP contribution >= 0.6 is 0 Å². The van der Waals surface area contributed by atoms with Gasteiger partial charge in [0.25, 0.3) is 0 Å². The van der Waals surface area contributed by atoms with Crippen molar-refractivity contribution < 1.29 is 19.2 Å². The number of aliphatic imine (C=N–C) groups is 1. The molecule has 1 saturated carbocycles. The predicted octanol–water partition coefficient (Wildman–Crippen LogP) is 6.33. The third-order valence-electron chi connectivity index (χ3n) is 7.26. The molecule has 0 bridgehead atoms. The molecule has 2 aliphatic carbocycles. The molecule has 190 valence electrons. The Labute approximate surface area is 217 Å². The summed E-state index contributed by atoms with van der Waals surface area (Å²) in [5.41, 5.74) is 4.29. The van der Waals surface area contributed by atoms with Crippen LogP contribution in [0, 0.1) is 0 Å². The largest absolute Gasteiger partial charge is 0.511 e. The maximum absolute atomic E-state index is 13.2. The van der Waals surface area contributed by atoms with E-state index < -0.39 is 0 Å². The van der Waals surface area contributed by atoms with Gasteiger partial charge in [-0.3, -0.25) is 14.6 Å². The van der Waals surface area contributed by atoms with Crippen molar-refractivity contribution in [3.05, 3.63) is 100 Å². The van der Waals surface area contributed by atoms with E-state index in [9.17, 15) is 14.7 Å². The van der Waals surface area contributed by atoms with Crippen LogP contribution in [0.1, 0.15) is 84.3 Å². The number of nitrogens with zero attached hydrogens (tertiary/aromatic N) is 2. The first-order chi connectivity index (χ1) is 17.9. The number of aliphatic hydroxyl groups is 1. The van der Waals surface area contributed by atoms with E-state index in [0.717, 1.165) is 11.1 Å². The second-order valence-electron chi connectivity index (χ2n) is 10.3. The summed E-state index contributed by atoms with van der Waals surface area (Å²) in [6, 6.07) is 20.0. The zero-order chi connectivity index (χ0) is 25.9. The molecule has 0 spiro atoms. The lowest BCUT2D eigenvalue weighted by Crippen LogP contribution is -2.27. The average Bonchev–Trinajstić information content (AvgIpc) is 3.31. The highest BCUT2D eigenvalue weighted by atomic mass is 16.5. The number of rotatable bonds is 6. The van der Waals surface area contributed by atoms with Crippen molar-refractivity contribution >= 4 is 17.3 Å². The van der Waals surface area contributed by atoms with E-state index in [1.54, 1.807) is 0 Å². The summed E-state index contributed by atoms with van der Waals surface area (Å²) in [7, 11) is 0. The number of aromatic nitrogens is 1. The predicted molar refractivity (Wildman–Crippen MR) is 142 cm³/mol. The fourth-order valence-electron chi connectivity index (χ4n) is 5.55. The van der Waals surface area contributed by atoms with E-state index in [4.69, 9.17) is 9.52 Å². The van der Waals surface area contributed by atoms with Gasteiger partial charge >= 0.3 is 0 Å². The summed E-state index contributed by atoms with van der Waals surface area (Å²) in [5.74, 6) is 0.651.